The number of hydrogen-bond donors (Lipinski definition) is 2. The first-order valence-corrected chi connectivity index (χ1v) is 11.1. The number of anilines is 2. The van der Waals surface area contributed by atoms with Gasteiger partial charge in [-0.3, -0.25) is 14.1 Å². The minimum absolute atomic E-state index is 0.128. The zero-order chi connectivity index (χ0) is 22.8. The van der Waals surface area contributed by atoms with Crippen LogP contribution in [0.3, 0.4) is 0 Å². The predicted molar refractivity (Wildman–Crippen MR) is 125 cm³/mol. The normalized spacial score (nSPS) is 15.4. The number of aromatic amines is 1. The molecule has 0 unspecified atom stereocenters. The van der Waals surface area contributed by atoms with E-state index >= 15 is 0 Å². The SMILES string of the molecule is O=c1cc(-c2ccc(Nc3ccc(C4CCN(CC(F)F)CC4)cc3)c3nccn23)cc[nH]1. The van der Waals surface area contributed by atoms with Crippen molar-refractivity contribution < 1.29 is 8.78 Å². The molecule has 0 bridgehead atoms. The second-order valence-electron chi connectivity index (χ2n) is 8.41. The molecule has 5 rings (SSSR count). The van der Waals surface area contributed by atoms with Crippen LogP contribution < -0.4 is 10.9 Å². The summed E-state index contributed by atoms with van der Waals surface area (Å²) in [6.45, 7) is 1.30. The third-order valence-corrected chi connectivity index (χ3v) is 6.26. The molecule has 2 N–H and O–H groups in total. The molecule has 0 saturated carbocycles. The van der Waals surface area contributed by atoms with Crippen molar-refractivity contribution in [1.29, 1.82) is 0 Å². The van der Waals surface area contributed by atoms with Gasteiger partial charge in [-0.15, -0.1) is 0 Å². The summed E-state index contributed by atoms with van der Waals surface area (Å²) in [6.07, 6.45) is 4.78. The molecule has 8 heteroatoms. The van der Waals surface area contributed by atoms with Crippen molar-refractivity contribution in [1.82, 2.24) is 19.3 Å². The molecule has 3 aromatic heterocycles. The lowest BCUT2D eigenvalue weighted by atomic mass is 9.89. The first-order valence-electron chi connectivity index (χ1n) is 11.1. The second kappa shape index (κ2) is 9.15. The third kappa shape index (κ3) is 4.66. The Kier molecular flexibility index (Phi) is 5.92. The molecule has 1 saturated heterocycles. The van der Waals surface area contributed by atoms with Crippen LogP contribution in [0.4, 0.5) is 20.2 Å². The summed E-state index contributed by atoms with van der Waals surface area (Å²) in [5.74, 6) is 0.403. The Morgan fingerprint density at radius 2 is 1.88 bits per heavy atom. The molecular formula is C25H25F2N5O. The van der Waals surface area contributed by atoms with E-state index in [1.807, 2.05) is 45.8 Å². The van der Waals surface area contributed by atoms with Gasteiger partial charge in [0.25, 0.3) is 6.43 Å². The van der Waals surface area contributed by atoms with E-state index in [0.717, 1.165) is 41.1 Å². The lowest BCUT2D eigenvalue weighted by Crippen LogP contribution is -2.36. The number of fused-ring (bicyclic) bond motifs is 1. The van der Waals surface area contributed by atoms with Gasteiger partial charge in [-0.05, 0) is 67.7 Å². The van der Waals surface area contributed by atoms with Crippen molar-refractivity contribution in [3.8, 4) is 11.3 Å². The number of alkyl halides is 2. The fourth-order valence-corrected chi connectivity index (χ4v) is 4.59. The first-order chi connectivity index (χ1) is 16.1. The van der Waals surface area contributed by atoms with Crippen LogP contribution in [0.15, 0.2) is 71.9 Å². The number of rotatable bonds is 6. The minimum Gasteiger partial charge on any atom is -0.352 e. The lowest BCUT2D eigenvalue weighted by molar-refractivity contribution is 0.0754. The van der Waals surface area contributed by atoms with Gasteiger partial charge in [0, 0.05) is 35.9 Å². The van der Waals surface area contributed by atoms with Gasteiger partial charge in [0.05, 0.1) is 17.9 Å². The number of nitrogens with zero attached hydrogens (tertiary/aromatic N) is 3. The molecule has 170 valence electrons. The van der Waals surface area contributed by atoms with Crippen LogP contribution in [0, 0.1) is 0 Å². The van der Waals surface area contributed by atoms with Crippen LogP contribution in [0.25, 0.3) is 16.9 Å². The highest BCUT2D eigenvalue weighted by atomic mass is 19.3. The summed E-state index contributed by atoms with van der Waals surface area (Å²) >= 11 is 0. The third-order valence-electron chi connectivity index (χ3n) is 6.26. The van der Waals surface area contributed by atoms with Gasteiger partial charge in [-0.2, -0.15) is 0 Å². The zero-order valence-corrected chi connectivity index (χ0v) is 18.0. The van der Waals surface area contributed by atoms with Crippen molar-refractivity contribution in [3.63, 3.8) is 0 Å². The molecule has 0 aliphatic carbocycles. The molecule has 0 amide bonds. The maximum Gasteiger partial charge on any atom is 0.251 e. The van der Waals surface area contributed by atoms with Gasteiger partial charge in [-0.1, -0.05) is 12.1 Å². The second-order valence-corrected chi connectivity index (χ2v) is 8.41. The summed E-state index contributed by atoms with van der Waals surface area (Å²) in [7, 11) is 0. The Hall–Kier alpha value is -3.52. The number of aromatic nitrogens is 3. The Bertz CT molecular complexity index is 1290. The number of likely N-dealkylation sites (tertiary alicyclic amines) is 1. The summed E-state index contributed by atoms with van der Waals surface area (Å²) < 4.78 is 27.1. The van der Waals surface area contributed by atoms with Crippen LogP contribution in [0.5, 0.6) is 0 Å². The maximum absolute atomic E-state index is 12.6. The van der Waals surface area contributed by atoms with Crippen molar-refractivity contribution >= 4 is 17.0 Å². The molecule has 1 aliphatic heterocycles. The molecule has 1 aliphatic rings. The average Bonchev–Trinajstić information content (AvgIpc) is 3.30. The van der Waals surface area contributed by atoms with Crippen LogP contribution in [0.1, 0.15) is 24.3 Å². The van der Waals surface area contributed by atoms with Crippen LogP contribution in [0.2, 0.25) is 0 Å². The number of imidazole rings is 1. The maximum atomic E-state index is 12.6. The van der Waals surface area contributed by atoms with Crippen molar-refractivity contribution in [2.45, 2.75) is 25.2 Å². The summed E-state index contributed by atoms with van der Waals surface area (Å²) in [6, 6.07) is 15.7. The number of H-pyrrole nitrogens is 1. The fraction of sp³-hybridized carbons (Fsp3) is 0.280. The van der Waals surface area contributed by atoms with E-state index in [4.69, 9.17) is 0 Å². The van der Waals surface area contributed by atoms with E-state index in [9.17, 15) is 13.6 Å². The van der Waals surface area contributed by atoms with Gasteiger partial charge in [-0.25, -0.2) is 13.8 Å². The first kappa shape index (κ1) is 21.3. The lowest BCUT2D eigenvalue weighted by Gasteiger charge is -2.31. The van der Waals surface area contributed by atoms with Gasteiger partial charge in [0.15, 0.2) is 5.65 Å². The molecule has 4 heterocycles. The van der Waals surface area contributed by atoms with E-state index in [2.05, 4.69) is 27.4 Å². The molecule has 1 aromatic carbocycles. The molecule has 0 atom stereocenters. The van der Waals surface area contributed by atoms with Gasteiger partial charge < -0.3 is 10.3 Å². The van der Waals surface area contributed by atoms with Crippen LogP contribution >= 0.6 is 0 Å². The smallest absolute Gasteiger partial charge is 0.251 e. The molecular weight excluding hydrogens is 424 g/mol. The highest BCUT2D eigenvalue weighted by Gasteiger charge is 2.22. The Morgan fingerprint density at radius 1 is 1.09 bits per heavy atom. The van der Waals surface area contributed by atoms with E-state index < -0.39 is 6.43 Å². The zero-order valence-electron chi connectivity index (χ0n) is 18.0. The largest absolute Gasteiger partial charge is 0.352 e. The highest BCUT2D eigenvalue weighted by Crippen LogP contribution is 2.31. The number of halogens is 2. The fourth-order valence-electron chi connectivity index (χ4n) is 4.59. The standard InChI is InChI=1S/C25H25F2N5O/c26-23(27)16-31-12-8-18(9-13-31)17-1-3-20(4-2-17)30-21-5-6-22(32-14-11-29-25(21)32)19-7-10-28-24(33)15-19/h1-7,10-11,14-15,18,23,30H,8-9,12-13,16H2,(H,28,33). The number of hydrogen-bond acceptors (Lipinski definition) is 4. The van der Waals surface area contributed by atoms with E-state index in [0.29, 0.717) is 19.0 Å². The highest BCUT2D eigenvalue weighted by molar-refractivity contribution is 5.78. The summed E-state index contributed by atoms with van der Waals surface area (Å²) in [5.41, 5.74) is 5.37. The number of nitrogens with one attached hydrogen (secondary N) is 2. The van der Waals surface area contributed by atoms with Crippen LogP contribution in [-0.4, -0.2) is 45.3 Å². The topological polar surface area (TPSA) is 65.4 Å². The van der Waals surface area contributed by atoms with Crippen LogP contribution in [-0.2, 0) is 0 Å². The van der Waals surface area contributed by atoms with E-state index in [-0.39, 0.29) is 12.1 Å². The number of piperidine rings is 1. The Balaban J connectivity index is 1.31. The molecule has 4 aromatic rings. The molecule has 1 fully saturated rings. The van der Waals surface area contributed by atoms with Gasteiger partial charge in [0.1, 0.15) is 0 Å². The predicted octanol–water partition coefficient (Wildman–Crippen LogP) is 4.88. The summed E-state index contributed by atoms with van der Waals surface area (Å²) in [4.78, 5) is 20.7. The molecule has 6 nitrogen and oxygen atoms in total. The van der Waals surface area contributed by atoms with Crippen molar-refractivity contribution in [3.05, 3.63) is 83.0 Å². The average molecular weight is 450 g/mol. The number of benzene rings is 1. The van der Waals surface area contributed by atoms with E-state index in [1.165, 1.54) is 5.56 Å². The monoisotopic (exact) mass is 449 g/mol. The molecule has 0 spiro atoms. The van der Waals surface area contributed by atoms with Gasteiger partial charge in [0.2, 0.25) is 5.56 Å². The van der Waals surface area contributed by atoms with Crippen molar-refractivity contribution in [2.75, 3.05) is 25.0 Å². The molecule has 0 radical (unpaired) electrons. The quantitative estimate of drug-likeness (QED) is 0.441. The molecule has 33 heavy (non-hydrogen) atoms. The number of pyridine rings is 2. The van der Waals surface area contributed by atoms with Crippen molar-refractivity contribution in [2.24, 2.45) is 0 Å². The van der Waals surface area contributed by atoms with Gasteiger partial charge >= 0.3 is 0 Å². The van der Waals surface area contributed by atoms with E-state index in [1.54, 1.807) is 18.5 Å². The minimum atomic E-state index is -2.27. The Morgan fingerprint density at radius 3 is 2.61 bits per heavy atom. The Labute approximate surface area is 189 Å². The summed E-state index contributed by atoms with van der Waals surface area (Å²) in [5, 5.41) is 3.44.